The summed E-state index contributed by atoms with van der Waals surface area (Å²) in [6.45, 7) is 7.54. The molecule has 1 amide bonds. The number of amides is 1. The number of para-hydroxylation sites is 1. The van der Waals surface area contributed by atoms with Gasteiger partial charge in [-0.2, -0.15) is 0 Å². The zero-order chi connectivity index (χ0) is 22.7. The van der Waals surface area contributed by atoms with Crippen molar-refractivity contribution >= 4 is 18.1 Å². The number of nitrogens with zero attached hydrogens (tertiary/aromatic N) is 1. The third-order valence-electron chi connectivity index (χ3n) is 5.15. The van der Waals surface area contributed by atoms with E-state index in [2.05, 4.69) is 23.1 Å². The molecule has 3 rings (SSSR count). The largest absolute Gasteiger partial charge is 0.468 e. The number of benzene rings is 1. The molecule has 6 nitrogen and oxygen atoms in total. The number of hydrogen-bond donors (Lipinski definition) is 2. The molecular formula is C25H39N3O3. The van der Waals surface area contributed by atoms with E-state index in [0.29, 0.717) is 13.1 Å². The molecule has 6 heteroatoms. The van der Waals surface area contributed by atoms with Gasteiger partial charge in [0, 0.05) is 24.4 Å². The van der Waals surface area contributed by atoms with Gasteiger partial charge in [-0.15, -0.1) is 0 Å². The zero-order valence-electron chi connectivity index (χ0n) is 19.1. The predicted molar refractivity (Wildman–Crippen MR) is 127 cm³/mol. The predicted octanol–water partition coefficient (Wildman–Crippen LogP) is 4.84. The van der Waals surface area contributed by atoms with Gasteiger partial charge in [0.05, 0.1) is 6.61 Å². The number of nitrogens with one attached hydrogen (secondary N) is 1. The van der Waals surface area contributed by atoms with E-state index in [1.54, 1.807) is 0 Å². The summed E-state index contributed by atoms with van der Waals surface area (Å²) in [6, 6.07) is 9.52. The number of unbranched alkanes of at least 4 members (excludes halogenated alkanes) is 1. The highest BCUT2D eigenvalue weighted by atomic mass is 16.5. The van der Waals surface area contributed by atoms with E-state index in [0.717, 1.165) is 56.0 Å². The fourth-order valence-electron chi connectivity index (χ4n) is 3.23. The summed E-state index contributed by atoms with van der Waals surface area (Å²) in [7, 11) is 0. The van der Waals surface area contributed by atoms with E-state index < -0.39 is 0 Å². The lowest BCUT2D eigenvalue weighted by molar-refractivity contribution is -0.128. The van der Waals surface area contributed by atoms with Crippen LogP contribution in [0.1, 0.15) is 58.8 Å². The lowest BCUT2D eigenvalue weighted by Crippen LogP contribution is -2.40. The third kappa shape index (κ3) is 12.8. The van der Waals surface area contributed by atoms with Gasteiger partial charge in [0.2, 0.25) is 0 Å². The summed E-state index contributed by atoms with van der Waals surface area (Å²) in [4.78, 5) is 21.2. The highest BCUT2D eigenvalue weighted by Crippen LogP contribution is 2.16. The van der Waals surface area contributed by atoms with Crippen molar-refractivity contribution in [3.63, 3.8) is 0 Å². The number of carbonyl (C=O) groups excluding carboxylic acids is 2. The van der Waals surface area contributed by atoms with E-state index in [-0.39, 0.29) is 5.91 Å². The number of rotatable bonds is 7. The number of nitrogens with two attached hydrogens (primary N) is 1. The molecule has 3 N–H and O–H groups in total. The third-order valence-corrected chi connectivity index (χ3v) is 5.15. The summed E-state index contributed by atoms with van der Waals surface area (Å²) in [5.41, 5.74) is 1.69. The Kier molecular flexibility index (Phi) is 14.8. The summed E-state index contributed by atoms with van der Waals surface area (Å²) >= 11 is 0. The molecule has 1 unspecified atom stereocenters. The van der Waals surface area contributed by atoms with E-state index in [1.165, 1.54) is 19.3 Å². The first kappa shape index (κ1) is 26.6. The first-order valence-electron chi connectivity index (χ1n) is 11.4. The molecule has 1 atom stereocenters. The molecule has 31 heavy (non-hydrogen) atoms. The first-order valence-corrected chi connectivity index (χ1v) is 11.4. The van der Waals surface area contributed by atoms with Crippen molar-refractivity contribution in [2.45, 2.75) is 58.8 Å². The van der Waals surface area contributed by atoms with Gasteiger partial charge < -0.3 is 10.1 Å². The Labute approximate surface area is 187 Å². The molecule has 1 aromatic carbocycles. The Morgan fingerprint density at radius 1 is 1.29 bits per heavy atom. The van der Waals surface area contributed by atoms with Crippen molar-refractivity contribution in [2.24, 2.45) is 11.8 Å². The molecule has 1 saturated heterocycles. The smallest absolute Gasteiger partial charge is 0.293 e. The van der Waals surface area contributed by atoms with Gasteiger partial charge in [-0.05, 0) is 50.2 Å². The molecule has 2 aliphatic rings. The summed E-state index contributed by atoms with van der Waals surface area (Å²) in [6.07, 6.45) is 13.7. The number of ether oxygens (including phenoxy) is 1. The van der Waals surface area contributed by atoms with Crippen molar-refractivity contribution in [1.82, 2.24) is 5.01 Å². The second kappa shape index (κ2) is 17.3. The average molecular weight is 430 g/mol. The minimum Gasteiger partial charge on any atom is -0.468 e. The second-order valence-corrected chi connectivity index (χ2v) is 7.71. The van der Waals surface area contributed by atoms with Crippen LogP contribution in [-0.4, -0.2) is 37.1 Å². The quantitative estimate of drug-likeness (QED) is 0.368. The number of hydrogen-bond acceptors (Lipinski definition) is 5. The molecule has 1 aliphatic heterocycles. The lowest BCUT2D eigenvalue weighted by atomic mass is 9.97. The van der Waals surface area contributed by atoms with Crippen molar-refractivity contribution in [3.8, 4) is 0 Å². The average Bonchev–Trinajstić information content (AvgIpc) is 2.81. The van der Waals surface area contributed by atoms with Gasteiger partial charge in [-0.3, -0.25) is 15.4 Å². The van der Waals surface area contributed by atoms with E-state index in [4.69, 9.17) is 5.84 Å². The Morgan fingerprint density at radius 3 is 2.61 bits per heavy atom. The molecular weight excluding hydrogens is 390 g/mol. The number of anilines is 1. The van der Waals surface area contributed by atoms with Crippen LogP contribution in [0.25, 0.3) is 0 Å². The molecule has 0 aromatic heterocycles. The normalized spacial score (nSPS) is 17.8. The van der Waals surface area contributed by atoms with Gasteiger partial charge >= 0.3 is 0 Å². The summed E-state index contributed by atoms with van der Waals surface area (Å²) in [5, 5.41) is 4.81. The Hall–Kier alpha value is -2.44. The summed E-state index contributed by atoms with van der Waals surface area (Å²) < 4.78 is 4.39. The van der Waals surface area contributed by atoms with Crippen LogP contribution >= 0.6 is 0 Å². The Balaban J connectivity index is 0.000000257. The summed E-state index contributed by atoms with van der Waals surface area (Å²) in [5.74, 6) is 6.50. The molecule has 0 bridgehead atoms. The van der Waals surface area contributed by atoms with Gasteiger partial charge in [0.25, 0.3) is 12.4 Å². The highest BCUT2D eigenvalue weighted by Gasteiger charge is 2.14. The standard InChI is InChI=1S/C13H13NO.C7H16N2.C5H10O2/c15-13(11-7-3-1-4-8-11)14-12-9-5-2-6-10-12;1-2-7-4-3-5-9(8)6-7;1-2-3-4-7-5-6/h1-3,5-7,9-10H,4,8H2,(H,14,15);7H,2-6,8H2,1H3;5H,2-4H2,1H3. The molecule has 0 radical (unpaired) electrons. The number of allylic oxidation sites excluding steroid dienone is 3. The second-order valence-electron chi connectivity index (χ2n) is 7.71. The van der Waals surface area contributed by atoms with Crippen molar-refractivity contribution in [1.29, 1.82) is 0 Å². The van der Waals surface area contributed by atoms with E-state index >= 15 is 0 Å². The fourth-order valence-corrected chi connectivity index (χ4v) is 3.23. The van der Waals surface area contributed by atoms with Gasteiger partial charge in [-0.25, -0.2) is 5.01 Å². The van der Waals surface area contributed by atoms with Crippen LogP contribution in [0.3, 0.4) is 0 Å². The van der Waals surface area contributed by atoms with Gasteiger partial charge in [0.1, 0.15) is 0 Å². The van der Waals surface area contributed by atoms with Crippen LogP contribution in [0.4, 0.5) is 5.69 Å². The first-order chi connectivity index (χ1) is 15.1. The molecule has 172 valence electrons. The van der Waals surface area contributed by atoms with E-state index in [9.17, 15) is 9.59 Å². The maximum atomic E-state index is 11.8. The van der Waals surface area contributed by atoms with Crippen LogP contribution in [0.2, 0.25) is 0 Å². The van der Waals surface area contributed by atoms with Gasteiger partial charge in [0.15, 0.2) is 0 Å². The molecule has 1 aromatic rings. The minimum absolute atomic E-state index is 0.00514. The van der Waals surface area contributed by atoms with Crippen LogP contribution in [0.15, 0.2) is 54.1 Å². The molecule has 1 heterocycles. The van der Waals surface area contributed by atoms with Crippen molar-refractivity contribution < 1.29 is 14.3 Å². The Morgan fingerprint density at radius 2 is 2.06 bits per heavy atom. The van der Waals surface area contributed by atoms with Crippen molar-refractivity contribution in [3.05, 3.63) is 54.1 Å². The Bertz CT molecular complexity index is 674. The SMILES string of the molecule is CCC1CCCN(N)C1.CCCCOC=O.O=C(Nc1ccccc1)C1=CC=CCC1. The molecule has 1 fully saturated rings. The van der Waals surface area contributed by atoms with Crippen LogP contribution in [0.5, 0.6) is 0 Å². The lowest BCUT2D eigenvalue weighted by Gasteiger charge is -2.28. The maximum Gasteiger partial charge on any atom is 0.293 e. The van der Waals surface area contributed by atoms with E-state index in [1.807, 2.05) is 54.4 Å². The fraction of sp³-hybridized carbons (Fsp3) is 0.520. The van der Waals surface area contributed by atoms with Crippen LogP contribution < -0.4 is 11.2 Å². The topological polar surface area (TPSA) is 84.7 Å². The molecule has 0 spiro atoms. The maximum absolute atomic E-state index is 11.8. The van der Waals surface area contributed by atoms with Crippen LogP contribution in [-0.2, 0) is 14.3 Å². The number of piperidine rings is 1. The van der Waals surface area contributed by atoms with Crippen molar-refractivity contribution in [2.75, 3.05) is 25.0 Å². The van der Waals surface area contributed by atoms with Gasteiger partial charge in [-0.1, -0.05) is 63.1 Å². The molecule has 0 saturated carbocycles. The number of hydrazine groups is 1. The molecule has 1 aliphatic carbocycles. The van der Waals surface area contributed by atoms with Crippen LogP contribution in [0, 0.1) is 5.92 Å². The minimum atomic E-state index is 0.00514. The zero-order valence-corrected chi connectivity index (χ0v) is 19.1. The monoisotopic (exact) mass is 429 g/mol. The number of carbonyl (C=O) groups is 2. The highest BCUT2D eigenvalue weighted by molar-refractivity contribution is 6.04.